The van der Waals surface area contributed by atoms with Gasteiger partial charge in [0.05, 0.1) is 26.1 Å². The molecular formula is C19H19N3O4S. The van der Waals surface area contributed by atoms with Crippen LogP contribution < -0.4 is 14.3 Å². The predicted octanol–water partition coefficient (Wildman–Crippen LogP) is 3.06. The molecule has 0 aliphatic rings. The van der Waals surface area contributed by atoms with Crippen LogP contribution in [0.3, 0.4) is 0 Å². The van der Waals surface area contributed by atoms with E-state index in [-0.39, 0.29) is 11.5 Å². The van der Waals surface area contributed by atoms with E-state index < -0.39 is 0 Å². The fourth-order valence-electron chi connectivity index (χ4n) is 2.54. The molecule has 0 radical (unpaired) electrons. The average molecular weight is 385 g/mol. The smallest absolute Gasteiger partial charge is 0.205 e. The van der Waals surface area contributed by atoms with Crippen LogP contribution in [-0.2, 0) is 0 Å². The molecule has 1 heterocycles. The molecule has 7 nitrogen and oxygen atoms in total. The Morgan fingerprint density at radius 2 is 1.93 bits per heavy atom. The first-order chi connectivity index (χ1) is 13.1. The summed E-state index contributed by atoms with van der Waals surface area (Å²) in [4.78, 5) is 4.91. The fraction of sp³-hybridized carbons (Fsp3) is 0.158. The van der Waals surface area contributed by atoms with Crippen molar-refractivity contribution in [3.05, 3.63) is 52.1 Å². The SMILES string of the molecule is CN=c1scc(-c2cc(OC)ccc2OC)n1N=Cc1cccc(O)c1O. The van der Waals surface area contributed by atoms with Crippen LogP contribution in [0.2, 0.25) is 0 Å². The van der Waals surface area contributed by atoms with Crippen molar-refractivity contribution in [3.8, 4) is 34.3 Å². The average Bonchev–Trinajstić information content (AvgIpc) is 3.11. The number of ether oxygens (including phenoxy) is 2. The third kappa shape index (κ3) is 3.65. The minimum absolute atomic E-state index is 0.204. The Morgan fingerprint density at radius 1 is 1.11 bits per heavy atom. The van der Waals surface area contributed by atoms with E-state index in [1.165, 1.54) is 23.6 Å². The summed E-state index contributed by atoms with van der Waals surface area (Å²) in [7, 11) is 4.88. The van der Waals surface area contributed by atoms with Crippen molar-refractivity contribution in [1.82, 2.24) is 4.68 Å². The summed E-state index contributed by atoms with van der Waals surface area (Å²) >= 11 is 1.42. The van der Waals surface area contributed by atoms with Gasteiger partial charge in [-0.25, -0.2) is 4.68 Å². The Hall–Kier alpha value is -3.26. The van der Waals surface area contributed by atoms with Gasteiger partial charge in [0.2, 0.25) is 4.80 Å². The zero-order chi connectivity index (χ0) is 19.4. The lowest BCUT2D eigenvalue weighted by atomic mass is 10.1. The number of hydrogen-bond acceptors (Lipinski definition) is 7. The summed E-state index contributed by atoms with van der Waals surface area (Å²) in [5.74, 6) is 0.922. The lowest BCUT2D eigenvalue weighted by Gasteiger charge is -2.11. The molecule has 27 heavy (non-hydrogen) atoms. The molecule has 0 unspecified atom stereocenters. The maximum atomic E-state index is 9.98. The highest BCUT2D eigenvalue weighted by atomic mass is 32.1. The van der Waals surface area contributed by atoms with E-state index in [0.717, 1.165) is 11.3 Å². The maximum absolute atomic E-state index is 9.98. The maximum Gasteiger partial charge on any atom is 0.205 e. The number of aromatic hydroxyl groups is 2. The summed E-state index contributed by atoms with van der Waals surface area (Å²) in [6, 6.07) is 10.2. The van der Waals surface area contributed by atoms with Gasteiger partial charge < -0.3 is 19.7 Å². The lowest BCUT2D eigenvalue weighted by molar-refractivity contribution is 0.403. The summed E-state index contributed by atoms with van der Waals surface area (Å²) in [6.45, 7) is 0. The fourth-order valence-corrected chi connectivity index (χ4v) is 3.33. The highest BCUT2D eigenvalue weighted by Crippen LogP contribution is 2.34. The first-order valence-corrected chi connectivity index (χ1v) is 8.88. The van der Waals surface area contributed by atoms with Crippen LogP contribution in [0.5, 0.6) is 23.0 Å². The zero-order valence-electron chi connectivity index (χ0n) is 15.1. The Kier molecular flexibility index (Phi) is 5.46. The first-order valence-electron chi connectivity index (χ1n) is 8.00. The number of aromatic nitrogens is 1. The Labute approximate surface area is 160 Å². The second-order valence-electron chi connectivity index (χ2n) is 5.46. The molecule has 3 aromatic rings. The molecule has 0 bridgehead atoms. The van der Waals surface area contributed by atoms with Crippen LogP contribution >= 0.6 is 11.3 Å². The van der Waals surface area contributed by atoms with Crippen molar-refractivity contribution in [3.63, 3.8) is 0 Å². The number of nitrogens with zero attached hydrogens (tertiary/aromatic N) is 3. The minimum atomic E-state index is -0.229. The molecule has 2 aromatic carbocycles. The first kappa shape index (κ1) is 18.5. The molecule has 0 spiro atoms. The molecule has 0 amide bonds. The third-order valence-electron chi connectivity index (χ3n) is 3.92. The lowest BCUT2D eigenvalue weighted by Crippen LogP contribution is -2.11. The van der Waals surface area contributed by atoms with Gasteiger partial charge in [0.1, 0.15) is 11.5 Å². The van der Waals surface area contributed by atoms with Crippen LogP contribution in [0, 0.1) is 0 Å². The van der Waals surface area contributed by atoms with Crippen LogP contribution in [0.25, 0.3) is 11.3 Å². The van der Waals surface area contributed by atoms with Crippen LogP contribution in [-0.4, -0.2) is 42.4 Å². The highest BCUT2D eigenvalue weighted by Gasteiger charge is 2.14. The van der Waals surface area contributed by atoms with E-state index >= 15 is 0 Å². The number of methoxy groups -OCH3 is 2. The van der Waals surface area contributed by atoms with E-state index in [1.807, 2.05) is 23.6 Å². The molecule has 3 rings (SSSR count). The quantitative estimate of drug-likeness (QED) is 0.522. The number of rotatable bonds is 5. The van der Waals surface area contributed by atoms with Crippen molar-refractivity contribution in [2.45, 2.75) is 0 Å². The third-order valence-corrected chi connectivity index (χ3v) is 4.82. The topological polar surface area (TPSA) is 88.6 Å². The molecule has 0 saturated carbocycles. The zero-order valence-corrected chi connectivity index (χ0v) is 15.9. The van der Waals surface area contributed by atoms with Gasteiger partial charge in [0.15, 0.2) is 11.5 Å². The van der Waals surface area contributed by atoms with Crippen molar-refractivity contribution in [2.75, 3.05) is 21.3 Å². The van der Waals surface area contributed by atoms with Gasteiger partial charge in [-0.15, -0.1) is 11.3 Å². The van der Waals surface area contributed by atoms with Gasteiger partial charge in [-0.2, -0.15) is 5.10 Å². The highest BCUT2D eigenvalue weighted by molar-refractivity contribution is 7.07. The van der Waals surface area contributed by atoms with Crippen molar-refractivity contribution in [1.29, 1.82) is 0 Å². The number of thiazole rings is 1. The predicted molar refractivity (Wildman–Crippen MR) is 105 cm³/mol. The minimum Gasteiger partial charge on any atom is -0.504 e. The second-order valence-corrected chi connectivity index (χ2v) is 6.30. The molecule has 2 N–H and O–H groups in total. The molecule has 0 atom stereocenters. The van der Waals surface area contributed by atoms with Gasteiger partial charge >= 0.3 is 0 Å². The van der Waals surface area contributed by atoms with Crippen LogP contribution in [0.15, 0.2) is 51.9 Å². The Bertz CT molecular complexity index is 1050. The molecule has 0 fully saturated rings. The van der Waals surface area contributed by atoms with E-state index in [2.05, 4.69) is 10.1 Å². The normalized spacial score (nSPS) is 11.9. The molecule has 1 aromatic heterocycles. The molecule has 0 aliphatic carbocycles. The van der Waals surface area contributed by atoms with Crippen molar-refractivity contribution < 1.29 is 19.7 Å². The van der Waals surface area contributed by atoms with E-state index in [1.54, 1.807) is 38.1 Å². The van der Waals surface area contributed by atoms with Gasteiger partial charge in [0, 0.05) is 23.6 Å². The number of hydrogen-bond donors (Lipinski definition) is 2. The van der Waals surface area contributed by atoms with Crippen LogP contribution in [0.1, 0.15) is 5.56 Å². The summed E-state index contributed by atoms with van der Waals surface area (Å²) in [5.41, 5.74) is 1.94. The molecule has 8 heteroatoms. The molecule has 0 aliphatic heterocycles. The van der Waals surface area contributed by atoms with Gasteiger partial charge in [-0.3, -0.25) is 4.99 Å². The molecular weight excluding hydrogens is 366 g/mol. The van der Waals surface area contributed by atoms with Crippen molar-refractivity contribution in [2.24, 2.45) is 10.1 Å². The monoisotopic (exact) mass is 385 g/mol. The molecule has 140 valence electrons. The summed E-state index contributed by atoms with van der Waals surface area (Å²) in [6.07, 6.45) is 1.46. The van der Waals surface area contributed by atoms with E-state index in [9.17, 15) is 10.2 Å². The van der Waals surface area contributed by atoms with E-state index in [4.69, 9.17) is 9.47 Å². The Balaban J connectivity index is 2.15. The largest absolute Gasteiger partial charge is 0.504 e. The van der Waals surface area contributed by atoms with Gasteiger partial charge in [0.25, 0.3) is 0 Å². The number of phenolic OH excluding ortho intramolecular Hbond substituents is 2. The second kappa shape index (κ2) is 7.96. The van der Waals surface area contributed by atoms with Crippen molar-refractivity contribution >= 4 is 17.6 Å². The number of phenols is 2. The van der Waals surface area contributed by atoms with Crippen LogP contribution in [0.4, 0.5) is 0 Å². The summed E-state index contributed by atoms with van der Waals surface area (Å²) < 4.78 is 12.4. The number of para-hydroxylation sites is 1. The van der Waals surface area contributed by atoms with E-state index in [0.29, 0.717) is 21.9 Å². The molecule has 0 saturated heterocycles. The Morgan fingerprint density at radius 3 is 2.63 bits per heavy atom. The summed E-state index contributed by atoms with van der Waals surface area (Å²) in [5, 5.41) is 26.0. The standard InChI is InChI=1S/C19H19N3O4S/c1-20-19-22(21-10-12-5-4-6-16(23)18(12)24)15(11-27-19)14-9-13(25-2)7-8-17(14)26-3/h4-11,23-24H,1-3H3. The van der Waals surface area contributed by atoms with Gasteiger partial charge in [-0.1, -0.05) is 6.07 Å². The number of benzene rings is 2. The van der Waals surface area contributed by atoms with Gasteiger partial charge in [-0.05, 0) is 30.3 Å².